The Hall–Kier alpha value is -8.06. The number of hydrogen-bond donors (Lipinski definition) is 0. The normalized spacial score (nSPS) is 9.88. The smallest absolute Gasteiger partial charge is 0.00241 e. The van der Waals surface area contributed by atoms with Crippen molar-refractivity contribution < 1.29 is 0 Å². The molecule has 80 heavy (non-hydrogen) atoms. The van der Waals surface area contributed by atoms with Crippen LogP contribution >= 0.6 is 0 Å². The lowest BCUT2D eigenvalue weighted by molar-refractivity contribution is 1.50. The molecule has 0 amide bonds. The number of aryl methyl sites for hydroxylation is 4. The molecule has 0 nitrogen and oxygen atoms in total. The molecule has 0 aliphatic heterocycles. The lowest BCUT2D eigenvalue weighted by Gasteiger charge is -2.11. The maximum Gasteiger partial charge on any atom is -0.00241 e. The van der Waals surface area contributed by atoms with E-state index in [1.807, 2.05) is 96.9 Å². The SMILES string of the molecule is CC.CC.CC.CC.CC.CC.CC.Cc1c2ccccc2cc2ccccc12.Cc1ccc2ccc3cccc4ccc1c2c34.Cc1cccc2c1ccc1c3ccccc3ccc21.Cc1cccc2c1ccc1ccccc12. The molecule has 0 bridgehead atoms. The highest BCUT2D eigenvalue weighted by molar-refractivity contribution is 6.23. The summed E-state index contributed by atoms with van der Waals surface area (Å²) in [6.45, 7) is 36.7. The quantitative estimate of drug-likeness (QED) is 0.105. The minimum absolute atomic E-state index is 1.31. The molecule has 14 aromatic rings. The fourth-order valence-corrected chi connectivity index (χ4v) is 10.3. The first-order valence-electron chi connectivity index (χ1n) is 30.1. The molecule has 0 radical (unpaired) electrons. The molecule has 0 N–H and O–H groups in total. The average Bonchev–Trinajstić information content (AvgIpc) is 3.72. The van der Waals surface area contributed by atoms with Crippen molar-refractivity contribution in [2.24, 2.45) is 0 Å². The number of rotatable bonds is 0. The minimum atomic E-state index is 1.31. The summed E-state index contributed by atoms with van der Waals surface area (Å²) in [6.07, 6.45) is 0. The van der Waals surface area contributed by atoms with Gasteiger partial charge in [-0.05, 0) is 164 Å². The number of fused-ring (bicyclic) bond motifs is 10. The zero-order valence-electron chi connectivity index (χ0n) is 51.9. The van der Waals surface area contributed by atoms with Gasteiger partial charge in [0.2, 0.25) is 0 Å². The topological polar surface area (TPSA) is 0 Å². The van der Waals surface area contributed by atoms with Crippen LogP contribution in [0.2, 0.25) is 0 Å². The van der Waals surface area contributed by atoms with E-state index in [0.717, 1.165) is 0 Å². The van der Waals surface area contributed by atoms with Gasteiger partial charge in [0, 0.05) is 0 Å². The van der Waals surface area contributed by atoms with E-state index in [0.29, 0.717) is 0 Å². The van der Waals surface area contributed by atoms with Crippen LogP contribution in [0.4, 0.5) is 0 Å². The van der Waals surface area contributed by atoms with Gasteiger partial charge >= 0.3 is 0 Å². The molecule has 0 atom stereocenters. The number of hydrogen-bond acceptors (Lipinski definition) is 0. The Bertz CT molecular complexity index is 4030. The van der Waals surface area contributed by atoms with Crippen LogP contribution in [-0.4, -0.2) is 0 Å². The van der Waals surface area contributed by atoms with Crippen LogP contribution < -0.4 is 0 Å². The first kappa shape index (κ1) is 64.5. The lowest BCUT2D eigenvalue weighted by atomic mass is 9.92. The molecule has 0 spiro atoms. The van der Waals surface area contributed by atoms with Crippen LogP contribution in [0.3, 0.4) is 0 Å². The maximum absolute atomic E-state index is 2.26. The zero-order valence-corrected chi connectivity index (χ0v) is 51.9. The van der Waals surface area contributed by atoms with Gasteiger partial charge in [-0.2, -0.15) is 0 Å². The summed E-state index contributed by atoms with van der Waals surface area (Å²) < 4.78 is 0. The van der Waals surface area contributed by atoms with Crippen molar-refractivity contribution in [3.8, 4) is 0 Å². The molecule has 0 unspecified atom stereocenters. The Morgan fingerprint density at radius 3 is 0.912 bits per heavy atom. The van der Waals surface area contributed by atoms with E-state index < -0.39 is 0 Å². The van der Waals surface area contributed by atoms with E-state index in [9.17, 15) is 0 Å². The third kappa shape index (κ3) is 14.4. The van der Waals surface area contributed by atoms with Crippen LogP contribution in [-0.2, 0) is 0 Å². The maximum atomic E-state index is 2.26. The highest BCUT2D eigenvalue weighted by Gasteiger charge is 2.09. The van der Waals surface area contributed by atoms with Crippen molar-refractivity contribution in [1.29, 1.82) is 0 Å². The van der Waals surface area contributed by atoms with Crippen LogP contribution in [0.5, 0.6) is 0 Å². The summed E-state index contributed by atoms with van der Waals surface area (Å²) in [4.78, 5) is 0. The Kier molecular flexibility index (Phi) is 26.9. The average molecular weight is 1050 g/mol. The van der Waals surface area contributed by atoms with Crippen LogP contribution in [0.15, 0.2) is 231 Å². The summed E-state index contributed by atoms with van der Waals surface area (Å²) >= 11 is 0. The Morgan fingerprint density at radius 1 is 0.163 bits per heavy atom. The van der Waals surface area contributed by atoms with Crippen molar-refractivity contribution in [1.82, 2.24) is 0 Å². The molecule has 0 fully saturated rings. The van der Waals surface area contributed by atoms with Crippen LogP contribution in [0, 0.1) is 27.7 Å². The second-order valence-electron chi connectivity index (χ2n) is 17.8. The van der Waals surface area contributed by atoms with Crippen LogP contribution in [0.1, 0.15) is 119 Å². The van der Waals surface area contributed by atoms with Crippen molar-refractivity contribution in [2.75, 3.05) is 0 Å². The third-order valence-electron chi connectivity index (χ3n) is 13.8. The van der Waals surface area contributed by atoms with Crippen molar-refractivity contribution in [3.63, 3.8) is 0 Å². The van der Waals surface area contributed by atoms with Gasteiger partial charge in [0.1, 0.15) is 0 Å². The summed E-state index contributed by atoms with van der Waals surface area (Å²) in [5, 5.41) is 27.0. The van der Waals surface area contributed by atoms with Gasteiger partial charge in [-0.15, -0.1) is 0 Å². The van der Waals surface area contributed by atoms with Gasteiger partial charge in [-0.3, -0.25) is 0 Å². The van der Waals surface area contributed by atoms with E-state index in [-0.39, 0.29) is 0 Å². The van der Waals surface area contributed by atoms with Gasteiger partial charge in [-0.25, -0.2) is 0 Å². The molecule has 14 aromatic carbocycles. The Labute approximate surface area is 482 Å². The van der Waals surface area contributed by atoms with Crippen LogP contribution in [0.25, 0.3) is 108 Å². The molecule has 0 saturated carbocycles. The molecule has 0 saturated heterocycles. The standard InChI is InChI=1S/C19H14.C17H12.2C15H12.7C2H6/c1-13-5-4-8-17-15(13)11-12-18-16-7-3-2-6-14(16)9-10-19(17)18;1-11-5-6-14-8-7-12-3-2-4-13-9-10-15(11)17(14)16(12)13;1-11-14-8-4-2-6-12(14)10-13-7-3-5-9-15(11)13;1-11-5-4-8-15-13(11)10-9-12-6-2-3-7-14(12)15;7*1-2/h2-12H,1H3;2-10H,1H3;2*2-10H,1H3;7*1-2H3. The number of benzene rings is 14. The summed E-state index contributed by atoms with van der Waals surface area (Å²) in [6, 6.07) is 82.8. The van der Waals surface area contributed by atoms with E-state index in [2.05, 4.69) is 258 Å². The molecular formula is C80H92. The van der Waals surface area contributed by atoms with E-state index in [1.54, 1.807) is 0 Å². The predicted octanol–water partition coefficient (Wildman–Crippen LogP) is 26.1. The second-order valence-corrected chi connectivity index (χ2v) is 17.8. The zero-order chi connectivity index (χ0) is 58.7. The van der Waals surface area contributed by atoms with Gasteiger partial charge < -0.3 is 0 Å². The van der Waals surface area contributed by atoms with Gasteiger partial charge in [0.25, 0.3) is 0 Å². The fourth-order valence-electron chi connectivity index (χ4n) is 10.3. The lowest BCUT2D eigenvalue weighted by Crippen LogP contribution is -1.85. The Balaban J connectivity index is 0.000000214. The fraction of sp³-hybridized carbons (Fsp3) is 0.225. The first-order valence-corrected chi connectivity index (χ1v) is 30.1. The van der Waals surface area contributed by atoms with E-state index in [4.69, 9.17) is 0 Å². The largest absolute Gasteiger partial charge is 0.0683 e. The van der Waals surface area contributed by atoms with Crippen molar-refractivity contribution in [2.45, 2.75) is 125 Å². The van der Waals surface area contributed by atoms with Crippen molar-refractivity contribution in [3.05, 3.63) is 253 Å². The van der Waals surface area contributed by atoms with E-state index in [1.165, 1.54) is 130 Å². The summed E-state index contributed by atoms with van der Waals surface area (Å²) in [5.41, 5.74) is 5.42. The molecule has 14 rings (SSSR count). The molecule has 0 aromatic heterocycles. The molecule has 0 heterocycles. The second kappa shape index (κ2) is 33.4. The minimum Gasteiger partial charge on any atom is -0.0683 e. The van der Waals surface area contributed by atoms with Gasteiger partial charge in [-0.1, -0.05) is 321 Å². The highest BCUT2D eigenvalue weighted by atomic mass is 14.1. The molecule has 0 heteroatoms. The monoisotopic (exact) mass is 1050 g/mol. The third-order valence-corrected chi connectivity index (χ3v) is 13.8. The van der Waals surface area contributed by atoms with Gasteiger partial charge in [0.15, 0.2) is 0 Å². The molecular weight excluding hydrogens is 961 g/mol. The Morgan fingerprint density at radius 2 is 0.425 bits per heavy atom. The first-order chi connectivity index (χ1) is 39.4. The highest BCUT2D eigenvalue weighted by Crippen LogP contribution is 2.36. The molecule has 0 aliphatic carbocycles. The molecule has 0 aliphatic rings. The van der Waals surface area contributed by atoms with E-state index >= 15 is 0 Å². The van der Waals surface area contributed by atoms with Gasteiger partial charge in [0.05, 0.1) is 0 Å². The summed E-state index contributed by atoms with van der Waals surface area (Å²) in [7, 11) is 0. The predicted molar refractivity (Wildman–Crippen MR) is 370 cm³/mol. The van der Waals surface area contributed by atoms with Crippen molar-refractivity contribution >= 4 is 108 Å². The summed E-state index contributed by atoms with van der Waals surface area (Å²) in [5.74, 6) is 0. The molecule has 412 valence electrons.